The lowest BCUT2D eigenvalue weighted by atomic mass is 10.0. The van der Waals surface area contributed by atoms with E-state index in [9.17, 15) is 4.79 Å². The second-order valence-electron chi connectivity index (χ2n) is 6.31. The fourth-order valence-corrected chi connectivity index (χ4v) is 4.99. The van der Waals surface area contributed by atoms with Gasteiger partial charge in [0.2, 0.25) is 0 Å². The molecule has 0 heterocycles. The maximum Gasteiger partial charge on any atom is 0.251 e. The first-order chi connectivity index (χ1) is 14.0. The van der Waals surface area contributed by atoms with Crippen LogP contribution in [-0.4, -0.2) is 18.2 Å². The van der Waals surface area contributed by atoms with Gasteiger partial charge in [0.1, 0.15) is 0 Å². The lowest BCUT2D eigenvalue weighted by Gasteiger charge is -2.21. The minimum absolute atomic E-state index is 0.0924. The van der Waals surface area contributed by atoms with Gasteiger partial charge in [-0.2, -0.15) is 0 Å². The van der Waals surface area contributed by atoms with Crippen molar-refractivity contribution in [1.82, 2.24) is 5.32 Å². The molecule has 0 saturated carbocycles. The van der Waals surface area contributed by atoms with Crippen LogP contribution >= 0.6 is 50.9 Å². The fourth-order valence-electron chi connectivity index (χ4n) is 2.88. The summed E-state index contributed by atoms with van der Waals surface area (Å²) in [5.74, 6) is 0.574. The Morgan fingerprint density at radius 1 is 1.03 bits per heavy atom. The zero-order valence-corrected chi connectivity index (χ0v) is 19.3. The largest absolute Gasteiger partial charge is 0.398 e. The standard InChI is InChI=1S/C22H19BrCl2N2OS/c23-15-5-3-4-14(12-15)22(28)27-10-11-29-21(17-6-1-2-7-19(17)25)18-13-16(24)8-9-20(18)26/h1-9,12-13,21H,10-11,26H2,(H,27,28). The topological polar surface area (TPSA) is 55.1 Å². The number of benzene rings is 3. The van der Waals surface area contributed by atoms with Crippen LogP contribution in [-0.2, 0) is 0 Å². The zero-order valence-electron chi connectivity index (χ0n) is 15.4. The number of rotatable bonds is 7. The van der Waals surface area contributed by atoms with Crippen LogP contribution in [0.25, 0.3) is 0 Å². The molecule has 7 heteroatoms. The molecule has 0 aliphatic heterocycles. The molecule has 0 aromatic heterocycles. The molecule has 0 spiro atoms. The van der Waals surface area contributed by atoms with Crippen molar-refractivity contribution in [3.63, 3.8) is 0 Å². The Morgan fingerprint density at radius 3 is 2.59 bits per heavy atom. The van der Waals surface area contributed by atoms with Crippen LogP contribution in [0.4, 0.5) is 5.69 Å². The van der Waals surface area contributed by atoms with Gasteiger partial charge < -0.3 is 11.1 Å². The van der Waals surface area contributed by atoms with E-state index < -0.39 is 0 Å². The van der Waals surface area contributed by atoms with Crippen LogP contribution < -0.4 is 11.1 Å². The minimum atomic E-state index is -0.108. The van der Waals surface area contributed by atoms with E-state index in [1.165, 1.54) is 0 Å². The molecule has 0 bridgehead atoms. The molecule has 1 atom stereocenters. The first kappa shape index (κ1) is 22.0. The molecule has 0 aliphatic rings. The van der Waals surface area contributed by atoms with E-state index in [4.69, 9.17) is 28.9 Å². The van der Waals surface area contributed by atoms with E-state index in [1.54, 1.807) is 36.0 Å². The molecule has 0 aliphatic carbocycles. The Hall–Kier alpha value is -1.66. The number of nitrogens with two attached hydrogens (primary N) is 1. The predicted octanol–water partition coefficient (Wildman–Crippen LogP) is 6.59. The van der Waals surface area contributed by atoms with Crippen LogP contribution in [0.3, 0.4) is 0 Å². The summed E-state index contributed by atoms with van der Waals surface area (Å²) in [6, 6.07) is 20.4. The van der Waals surface area contributed by atoms with Crippen molar-refractivity contribution in [2.45, 2.75) is 5.25 Å². The van der Waals surface area contributed by atoms with Gasteiger partial charge in [-0.05, 0) is 53.6 Å². The van der Waals surface area contributed by atoms with Gasteiger partial charge in [-0.3, -0.25) is 4.79 Å². The van der Waals surface area contributed by atoms with Gasteiger partial charge in [0.25, 0.3) is 5.91 Å². The highest BCUT2D eigenvalue weighted by Crippen LogP contribution is 2.42. The molecular weight excluding hydrogens is 491 g/mol. The van der Waals surface area contributed by atoms with Crippen molar-refractivity contribution in [1.29, 1.82) is 0 Å². The SMILES string of the molecule is Nc1ccc(Cl)cc1C(SCCNC(=O)c1cccc(Br)c1)c1ccccc1Cl. The number of nitrogens with one attached hydrogen (secondary N) is 1. The van der Waals surface area contributed by atoms with Crippen LogP contribution in [0, 0.1) is 0 Å². The Kier molecular flexibility index (Phi) is 7.90. The van der Waals surface area contributed by atoms with E-state index in [1.807, 2.05) is 42.5 Å². The van der Waals surface area contributed by atoms with Gasteiger partial charge >= 0.3 is 0 Å². The molecule has 0 radical (unpaired) electrons. The number of nitrogen functional groups attached to an aromatic ring is 1. The number of hydrogen-bond acceptors (Lipinski definition) is 3. The number of thioether (sulfide) groups is 1. The summed E-state index contributed by atoms with van der Waals surface area (Å²) in [6.45, 7) is 0.511. The van der Waals surface area contributed by atoms with Gasteiger partial charge in [-0.25, -0.2) is 0 Å². The maximum atomic E-state index is 12.3. The average Bonchev–Trinajstić information content (AvgIpc) is 2.71. The van der Waals surface area contributed by atoms with Gasteiger partial charge in [0, 0.05) is 38.1 Å². The Balaban J connectivity index is 1.72. The molecule has 0 fully saturated rings. The third-order valence-electron chi connectivity index (χ3n) is 4.28. The predicted molar refractivity (Wildman–Crippen MR) is 128 cm³/mol. The molecule has 3 rings (SSSR count). The summed E-state index contributed by atoms with van der Waals surface area (Å²) in [7, 11) is 0. The highest BCUT2D eigenvalue weighted by molar-refractivity contribution is 9.10. The van der Waals surface area contributed by atoms with E-state index in [0.717, 1.165) is 15.6 Å². The van der Waals surface area contributed by atoms with Crippen molar-refractivity contribution >= 4 is 62.5 Å². The van der Waals surface area contributed by atoms with E-state index in [-0.39, 0.29) is 11.2 Å². The fraction of sp³-hybridized carbons (Fsp3) is 0.136. The summed E-state index contributed by atoms with van der Waals surface area (Å²) in [5, 5.41) is 4.15. The third-order valence-corrected chi connectivity index (χ3v) is 6.63. The molecule has 29 heavy (non-hydrogen) atoms. The monoisotopic (exact) mass is 508 g/mol. The number of carbonyl (C=O) groups is 1. The van der Waals surface area contributed by atoms with Crippen molar-refractivity contribution < 1.29 is 4.79 Å². The zero-order chi connectivity index (χ0) is 20.8. The molecule has 150 valence electrons. The first-order valence-corrected chi connectivity index (χ1v) is 11.5. The van der Waals surface area contributed by atoms with E-state index in [0.29, 0.717) is 33.6 Å². The Bertz CT molecular complexity index is 1020. The van der Waals surface area contributed by atoms with E-state index in [2.05, 4.69) is 21.2 Å². The molecule has 1 unspecified atom stereocenters. The lowest BCUT2D eigenvalue weighted by Crippen LogP contribution is -2.26. The number of halogens is 3. The molecule has 3 aromatic carbocycles. The van der Waals surface area contributed by atoms with Crippen LogP contribution in [0.2, 0.25) is 10.0 Å². The maximum absolute atomic E-state index is 12.3. The molecule has 1 amide bonds. The van der Waals surface area contributed by atoms with Gasteiger partial charge in [-0.1, -0.05) is 63.4 Å². The Labute approximate surface area is 193 Å². The summed E-state index contributed by atoms with van der Waals surface area (Å²) in [6.07, 6.45) is 0. The number of amides is 1. The smallest absolute Gasteiger partial charge is 0.251 e. The molecule has 3 nitrogen and oxygen atoms in total. The van der Waals surface area contributed by atoms with Gasteiger partial charge in [-0.15, -0.1) is 11.8 Å². The third kappa shape index (κ3) is 5.92. The summed E-state index contributed by atoms with van der Waals surface area (Å²) in [4.78, 5) is 12.3. The highest BCUT2D eigenvalue weighted by atomic mass is 79.9. The van der Waals surface area contributed by atoms with Crippen LogP contribution in [0.5, 0.6) is 0 Å². The first-order valence-electron chi connectivity index (χ1n) is 8.90. The Morgan fingerprint density at radius 2 is 1.83 bits per heavy atom. The second kappa shape index (κ2) is 10.4. The molecule has 3 aromatic rings. The summed E-state index contributed by atoms with van der Waals surface area (Å²) < 4.78 is 0.870. The van der Waals surface area contributed by atoms with Gasteiger partial charge in [0.15, 0.2) is 0 Å². The minimum Gasteiger partial charge on any atom is -0.398 e. The average molecular weight is 510 g/mol. The van der Waals surface area contributed by atoms with Crippen LogP contribution in [0.1, 0.15) is 26.7 Å². The summed E-state index contributed by atoms with van der Waals surface area (Å²) in [5.41, 5.74) is 9.38. The number of carbonyl (C=O) groups excluding carboxylic acids is 1. The highest BCUT2D eigenvalue weighted by Gasteiger charge is 2.20. The molecular formula is C22H19BrCl2N2OS. The van der Waals surface area contributed by atoms with Gasteiger partial charge in [0.05, 0.1) is 5.25 Å². The van der Waals surface area contributed by atoms with E-state index >= 15 is 0 Å². The summed E-state index contributed by atoms with van der Waals surface area (Å²) >= 11 is 17.7. The van der Waals surface area contributed by atoms with Crippen molar-refractivity contribution in [3.8, 4) is 0 Å². The lowest BCUT2D eigenvalue weighted by molar-refractivity contribution is 0.0956. The quantitative estimate of drug-likeness (QED) is 0.279. The molecule has 3 N–H and O–H groups in total. The second-order valence-corrected chi connectivity index (χ2v) is 9.28. The van der Waals surface area contributed by atoms with Crippen molar-refractivity contribution in [3.05, 3.63) is 97.9 Å². The normalized spacial score (nSPS) is 11.8. The number of anilines is 1. The molecule has 0 saturated heterocycles. The van der Waals surface area contributed by atoms with Crippen molar-refractivity contribution in [2.75, 3.05) is 18.0 Å². The number of hydrogen-bond donors (Lipinski definition) is 2. The van der Waals surface area contributed by atoms with Crippen molar-refractivity contribution in [2.24, 2.45) is 0 Å². The van der Waals surface area contributed by atoms with Crippen LogP contribution in [0.15, 0.2) is 71.2 Å².